The standard InChI is InChI=1S/C19H24F3N3O3.2C2HF3O2/c1-28-18(27)16(24-23)12-9-14-3-2-4-15(10-12)25(14)17(26)11-5-7-13(8-6-11)19(20,21)22;2*3-2(4,5)1(6)7/h5-8,12,14-16,24H,2-4,9-10,23H2,1H3;2*(H,6,7). The molecule has 1 aromatic carbocycles. The van der Waals surface area contributed by atoms with E-state index in [1.807, 2.05) is 0 Å². The zero-order valence-corrected chi connectivity index (χ0v) is 21.5. The topological polar surface area (TPSA) is 159 Å². The van der Waals surface area contributed by atoms with Crippen LogP contribution in [0.3, 0.4) is 0 Å². The highest BCUT2D eigenvalue weighted by Gasteiger charge is 2.45. The maximum Gasteiger partial charge on any atom is 0.490 e. The van der Waals surface area contributed by atoms with E-state index in [1.54, 1.807) is 4.90 Å². The number of hydrogen-bond donors (Lipinski definition) is 4. The van der Waals surface area contributed by atoms with E-state index in [1.165, 1.54) is 19.2 Å². The maximum atomic E-state index is 13.0. The number of aliphatic carboxylic acids is 2. The SMILES string of the molecule is COC(=O)C(NN)C1CC2CCCC(C1)N2C(=O)c1ccc(C(F)(F)F)cc1.O=C(O)C(F)(F)F.O=C(O)C(F)(F)F. The predicted molar refractivity (Wildman–Crippen MR) is 122 cm³/mol. The Morgan fingerprint density at radius 3 is 1.60 bits per heavy atom. The molecule has 0 aromatic heterocycles. The summed E-state index contributed by atoms with van der Waals surface area (Å²) < 4.78 is 107. The van der Waals surface area contributed by atoms with Crippen molar-refractivity contribution >= 4 is 23.8 Å². The van der Waals surface area contributed by atoms with E-state index in [0.29, 0.717) is 12.8 Å². The number of piperidine rings is 2. The number of methoxy groups -OCH3 is 1. The molecule has 3 rings (SSSR count). The van der Waals surface area contributed by atoms with E-state index in [2.05, 4.69) is 5.43 Å². The number of esters is 1. The van der Waals surface area contributed by atoms with E-state index < -0.39 is 48.0 Å². The molecule has 2 saturated heterocycles. The summed E-state index contributed by atoms with van der Waals surface area (Å²) in [6.07, 6.45) is -10.9. The fraction of sp³-hybridized carbons (Fsp3) is 0.565. The maximum absolute atomic E-state index is 13.0. The fourth-order valence-electron chi connectivity index (χ4n) is 4.50. The number of amides is 1. The van der Waals surface area contributed by atoms with Crippen molar-refractivity contribution in [2.45, 2.75) is 68.8 Å². The molecule has 2 aliphatic rings. The first-order chi connectivity index (χ1) is 19.1. The third-order valence-corrected chi connectivity index (χ3v) is 6.30. The Labute approximate surface area is 231 Å². The van der Waals surface area contributed by atoms with Gasteiger partial charge in [-0.25, -0.2) is 15.0 Å². The van der Waals surface area contributed by atoms with E-state index in [-0.39, 0.29) is 29.5 Å². The number of hydrogen-bond acceptors (Lipinski definition) is 7. The molecule has 19 heteroatoms. The van der Waals surface area contributed by atoms with Gasteiger partial charge < -0.3 is 19.8 Å². The molecule has 5 N–H and O–H groups in total. The molecule has 0 radical (unpaired) electrons. The van der Waals surface area contributed by atoms with Crippen LogP contribution in [0.25, 0.3) is 0 Å². The number of halogens is 9. The van der Waals surface area contributed by atoms with Crippen LogP contribution in [0.4, 0.5) is 39.5 Å². The number of fused-ring (bicyclic) bond motifs is 2. The molecule has 2 heterocycles. The number of benzene rings is 1. The molecule has 2 fully saturated rings. The zero-order valence-electron chi connectivity index (χ0n) is 21.5. The highest BCUT2D eigenvalue weighted by molar-refractivity contribution is 5.95. The summed E-state index contributed by atoms with van der Waals surface area (Å²) in [7, 11) is 1.30. The molecule has 2 bridgehead atoms. The van der Waals surface area contributed by atoms with Gasteiger partial charge in [0.05, 0.1) is 12.7 Å². The van der Waals surface area contributed by atoms with Crippen LogP contribution in [0, 0.1) is 5.92 Å². The van der Waals surface area contributed by atoms with Crippen molar-refractivity contribution in [1.29, 1.82) is 0 Å². The Kier molecular flexibility index (Phi) is 12.6. The van der Waals surface area contributed by atoms with Crippen LogP contribution >= 0.6 is 0 Å². The van der Waals surface area contributed by atoms with Gasteiger partial charge in [-0.1, -0.05) is 0 Å². The smallest absolute Gasteiger partial charge is 0.475 e. The molecule has 0 spiro atoms. The lowest BCUT2D eigenvalue weighted by atomic mass is 9.75. The van der Waals surface area contributed by atoms with Gasteiger partial charge in [-0.15, -0.1) is 0 Å². The Morgan fingerprint density at radius 1 is 0.881 bits per heavy atom. The number of nitrogens with one attached hydrogen (secondary N) is 1. The third kappa shape index (κ3) is 10.3. The summed E-state index contributed by atoms with van der Waals surface area (Å²) in [4.78, 5) is 44.6. The van der Waals surface area contributed by atoms with Crippen molar-refractivity contribution in [1.82, 2.24) is 10.3 Å². The first-order valence-corrected chi connectivity index (χ1v) is 11.8. The molecule has 10 nitrogen and oxygen atoms in total. The van der Waals surface area contributed by atoms with Crippen LogP contribution in [0.1, 0.15) is 48.0 Å². The highest BCUT2D eigenvalue weighted by atomic mass is 19.4. The van der Waals surface area contributed by atoms with Crippen LogP contribution in [0.2, 0.25) is 0 Å². The van der Waals surface area contributed by atoms with E-state index >= 15 is 0 Å². The fourth-order valence-corrected chi connectivity index (χ4v) is 4.50. The minimum Gasteiger partial charge on any atom is -0.475 e. The number of carboxylic acid groups (broad SMARTS) is 2. The minimum atomic E-state index is -5.08. The number of carboxylic acids is 2. The first kappa shape index (κ1) is 36.4. The highest BCUT2D eigenvalue weighted by Crippen LogP contribution is 2.39. The molecule has 0 aliphatic carbocycles. The summed E-state index contributed by atoms with van der Waals surface area (Å²) in [5.74, 6) is -0.741. The molecule has 3 unspecified atom stereocenters. The summed E-state index contributed by atoms with van der Waals surface area (Å²) in [6, 6.07) is 3.53. The number of hydrazine groups is 1. The number of carbonyl (C=O) groups excluding carboxylic acids is 2. The van der Waals surface area contributed by atoms with Gasteiger partial charge in [0.15, 0.2) is 0 Å². The van der Waals surface area contributed by atoms with Gasteiger partial charge in [0.2, 0.25) is 0 Å². The van der Waals surface area contributed by atoms with Crippen LogP contribution in [0.15, 0.2) is 24.3 Å². The first-order valence-electron chi connectivity index (χ1n) is 11.8. The predicted octanol–water partition coefficient (Wildman–Crippen LogP) is 3.75. The molecule has 0 saturated carbocycles. The molecule has 1 amide bonds. The van der Waals surface area contributed by atoms with Crippen molar-refractivity contribution in [2.24, 2.45) is 11.8 Å². The molecular weight excluding hydrogens is 601 g/mol. The van der Waals surface area contributed by atoms with Crippen LogP contribution in [-0.4, -0.2) is 76.5 Å². The Hall–Kier alpha value is -3.61. The van der Waals surface area contributed by atoms with E-state index in [9.17, 15) is 49.1 Å². The van der Waals surface area contributed by atoms with Crippen molar-refractivity contribution in [3.8, 4) is 0 Å². The normalized spacial score (nSPS) is 21.0. The van der Waals surface area contributed by atoms with Gasteiger partial charge in [0, 0.05) is 17.6 Å². The van der Waals surface area contributed by atoms with Crippen LogP contribution < -0.4 is 11.3 Å². The van der Waals surface area contributed by atoms with Crippen LogP contribution in [0.5, 0.6) is 0 Å². The molecule has 2 aliphatic heterocycles. The second kappa shape index (κ2) is 14.5. The van der Waals surface area contributed by atoms with Gasteiger partial charge in [-0.2, -0.15) is 39.5 Å². The quantitative estimate of drug-likeness (QED) is 0.169. The largest absolute Gasteiger partial charge is 0.490 e. The number of rotatable bonds is 4. The lowest BCUT2D eigenvalue weighted by molar-refractivity contribution is -0.193. The average molecular weight is 627 g/mol. The summed E-state index contributed by atoms with van der Waals surface area (Å²) in [5, 5.41) is 14.2. The Bertz CT molecular complexity index is 1050. The van der Waals surface area contributed by atoms with Crippen molar-refractivity contribution in [3.63, 3.8) is 0 Å². The minimum absolute atomic E-state index is 0.0654. The van der Waals surface area contributed by atoms with Crippen molar-refractivity contribution in [2.75, 3.05) is 7.11 Å². The van der Waals surface area contributed by atoms with E-state index in [4.69, 9.17) is 30.4 Å². The van der Waals surface area contributed by atoms with Gasteiger partial charge in [-0.3, -0.25) is 15.4 Å². The molecular formula is C23H26F9N3O7. The summed E-state index contributed by atoms with van der Waals surface area (Å²) >= 11 is 0. The van der Waals surface area contributed by atoms with Crippen molar-refractivity contribution in [3.05, 3.63) is 35.4 Å². The number of alkyl halides is 9. The number of nitrogens with zero attached hydrogens (tertiary/aromatic N) is 1. The zero-order chi connectivity index (χ0) is 32.6. The van der Waals surface area contributed by atoms with Crippen molar-refractivity contribution < 1.29 is 73.6 Å². The average Bonchev–Trinajstić information content (AvgIpc) is 2.87. The Morgan fingerprint density at radius 2 is 1.29 bits per heavy atom. The Balaban J connectivity index is 0.000000522. The molecule has 3 atom stereocenters. The summed E-state index contributed by atoms with van der Waals surface area (Å²) in [5.41, 5.74) is 1.98. The monoisotopic (exact) mass is 627 g/mol. The van der Waals surface area contributed by atoms with Gasteiger partial charge in [0.1, 0.15) is 6.04 Å². The van der Waals surface area contributed by atoms with Gasteiger partial charge >= 0.3 is 36.4 Å². The van der Waals surface area contributed by atoms with Crippen LogP contribution in [-0.2, 0) is 25.3 Å². The number of ether oxygens (including phenoxy) is 1. The second-order valence-corrected chi connectivity index (χ2v) is 9.03. The van der Waals surface area contributed by atoms with Gasteiger partial charge in [-0.05, 0) is 62.3 Å². The second-order valence-electron chi connectivity index (χ2n) is 9.03. The summed E-state index contributed by atoms with van der Waals surface area (Å²) in [6.45, 7) is 0. The number of carbonyl (C=O) groups is 4. The number of nitrogens with two attached hydrogens (primary N) is 1. The van der Waals surface area contributed by atoms with E-state index in [0.717, 1.165) is 31.4 Å². The third-order valence-electron chi connectivity index (χ3n) is 6.30. The molecule has 238 valence electrons. The molecule has 1 aromatic rings. The lowest BCUT2D eigenvalue weighted by Crippen LogP contribution is -2.59. The lowest BCUT2D eigenvalue weighted by Gasteiger charge is -2.50. The molecule has 42 heavy (non-hydrogen) atoms. The van der Waals surface area contributed by atoms with Gasteiger partial charge in [0.25, 0.3) is 5.91 Å².